The van der Waals surface area contributed by atoms with Crippen LogP contribution in [0.1, 0.15) is 36.5 Å². The Morgan fingerprint density at radius 2 is 1.94 bits per heavy atom. The van der Waals surface area contributed by atoms with Crippen molar-refractivity contribution in [1.29, 1.82) is 5.26 Å². The van der Waals surface area contributed by atoms with Gasteiger partial charge < -0.3 is 19.8 Å². The van der Waals surface area contributed by atoms with Crippen molar-refractivity contribution in [2.75, 3.05) is 6.61 Å². The third-order valence-electron chi connectivity index (χ3n) is 5.70. The van der Waals surface area contributed by atoms with Gasteiger partial charge in [0.05, 0.1) is 18.1 Å². The van der Waals surface area contributed by atoms with Crippen molar-refractivity contribution >= 4 is 16.9 Å². The molecule has 0 amide bonds. The Balaban J connectivity index is 1.75. The molecule has 4 rings (SSSR count). The van der Waals surface area contributed by atoms with Gasteiger partial charge in [-0.1, -0.05) is 35.9 Å². The number of fused-ring (bicyclic) bond motifs is 1. The topological polar surface area (TPSA) is 90.3 Å². The Morgan fingerprint density at radius 1 is 1.19 bits per heavy atom. The number of hydrogen-bond donors (Lipinski definition) is 1. The Bertz CT molecular complexity index is 1290. The highest BCUT2D eigenvalue weighted by atomic mass is 16.5. The van der Waals surface area contributed by atoms with Crippen molar-refractivity contribution in [2.24, 2.45) is 5.73 Å². The average Bonchev–Trinajstić information content (AvgIpc) is 3.17. The maximum Gasteiger partial charge on any atom is 0.338 e. The van der Waals surface area contributed by atoms with Gasteiger partial charge in [0.1, 0.15) is 17.4 Å². The Labute approximate surface area is 187 Å². The van der Waals surface area contributed by atoms with Gasteiger partial charge in [0.2, 0.25) is 5.88 Å². The summed E-state index contributed by atoms with van der Waals surface area (Å²) in [6.07, 6.45) is 2.04. The summed E-state index contributed by atoms with van der Waals surface area (Å²) in [7, 11) is 0. The number of aryl methyl sites for hydroxylation is 1. The molecular formula is C26H25N3O3. The van der Waals surface area contributed by atoms with Crippen LogP contribution in [0.3, 0.4) is 0 Å². The number of nitrogens with two attached hydrogens (primary N) is 1. The number of rotatable bonds is 5. The summed E-state index contributed by atoms with van der Waals surface area (Å²) in [5.41, 5.74) is 10.8. The van der Waals surface area contributed by atoms with Crippen molar-refractivity contribution in [3.05, 3.63) is 94.2 Å². The van der Waals surface area contributed by atoms with Crippen LogP contribution in [0.25, 0.3) is 10.9 Å². The predicted molar refractivity (Wildman–Crippen MR) is 122 cm³/mol. The second-order valence-corrected chi connectivity index (χ2v) is 7.86. The number of carbonyl (C=O) groups excluding carboxylic acids is 1. The molecule has 0 radical (unpaired) electrons. The molecule has 32 heavy (non-hydrogen) atoms. The minimum Gasteiger partial charge on any atom is -0.463 e. The lowest BCUT2D eigenvalue weighted by Gasteiger charge is -2.27. The minimum absolute atomic E-state index is 0.0140. The monoisotopic (exact) mass is 427 g/mol. The van der Waals surface area contributed by atoms with Crippen molar-refractivity contribution in [2.45, 2.75) is 33.2 Å². The summed E-state index contributed by atoms with van der Waals surface area (Å²) in [4.78, 5) is 12.7. The molecule has 1 aromatic heterocycles. The van der Waals surface area contributed by atoms with Crippen LogP contribution in [-0.2, 0) is 20.8 Å². The summed E-state index contributed by atoms with van der Waals surface area (Å²) in [5, 5.41) is 10.8. The minimum atomic E-state index is -0.641. The highest BCUT2D eigenvalue weighted by molar-refractivity contribution is 5.93. The standard InChI is InChI=1S/C26H25N3O3/c1-4-31-26(30)23-17(3)32-25(28)21(14-27)24(23)20-9-10-22-19(13-20)11-12-29(22)15-18-7-5-16(2)6-8-18/h5-13,24H,4,15,28H2,1-3H3. The van der Waals surface area contributed by atoms with E-state index in [2.05, 4.69) is 41.8 Å². The van der Waals surface area contributed by atoms with Gasteiger partial charge in [0.15, 0.2) is 0 Å². The molecular weight excluding hydrogens is 402 g/mol. The van der Waals surface area contributed by atoms with Crippen LogP contribution in [0, 0.1) is 18.3 Å². The fourth-order valence-electron chi connectivity index (χ4n) is 4.11. The van der Waals surface area contributed by atoms with Crippen molar-refractivity contribution in [3.63, 3.8) is 0 Å². The molecule has 2 aromatic carbocycles. The molecule has 162 valence electrons. The lowest BCUT2D eigenvalue weighted by Crippen LogP contribution is -2.25. The van der Waals surface area contributed by atoms with E-state index in [4.69, 9.17) is 15.2 Å². The molecule has 3 aromatic rings. The number of nitriles is 1. The van der Waals surface area contributed by atoms with Crippen molar-refractivity contribution in [1.82, 2.24) is 4.57 Å². The molecule has 1 aliphatic rings. The van der Waals surface area contributed by atoms with E-state index in [-0.39, 0.29) is 18.1 Å². The summed E-state index contributed by atoms with van der Waals surface area (Å²) in [6, 6.07) is 18.6. The van der Waals surface area contributed by atoms with Gasteiger partial charge in [0, 0.05) is 18.3 Å². The zero-order valence-corrected chi connectivity index (χ0v) is 18.4. The number of carbonyl (C=O) groups is 1. The molecule has 0 saturated carbocycles. The van der Waals surface area contributed by atoms with Gasteiger partial charge in [-0.15, -0.1) is 0 Å². The van der Waals surface area contributed by atoms with E-state index in [0.29, 0.717) is 11.3 Å². The van der Waals surface area contributed by atoms with Crippen LogP contribution in [0.5, 0.6) is 0 Å². The van der Waals surface area contributed by atoms with E-state index in [1.54, 1.807) is 13.8 Å². The summed E-state index contributed by atoms with van der Waals surface area (Å²) < 4.78 is 12.9. The number of allylic oxidation sites excluding steroid dienone is 2. The normalized spacial score (nSPS) is 16.1. The quantitative estimate of drug-likeness (QED) is 0.599. The molecule has 1 atom stereocenters. The third-order valence-corrected chi connectivity index (χ3v) is 5.70. The number of benzene rings is 2. The first kappa shape index (κ1) is 21.3. The first-order valence-electron chi connectivity index (χ1n) is 10.5. The number of aromatic nitrogens is 1. The Hall–Kier alpha value is -3.98. The van der Waals surface area contributed by atoms with Crippen LogP contribution in [0.4, 0.5) is 0 Å². The molecule has 0 fully saturated rings. The van der Waals surface area contributed by atoms with Crippen LogP contribution in [-0.4, -0.2) is 17.1 Å². The maximum absolute atomic E-state index is 12.7. The zero-order valence-electron chi connectivity index (χ0n) is 18.4. The zero-order chi connectivity index (χ0) is 22.8. The van der Waals surface area contributed by atoms with Crippen LogP contribution < -0.4 is 5.73 Å². The fourth-order valence-corrected chi connectivity index (χ4v) is 4.11. The van der Waals surface area contributed by atoms with Crippen LogP contribution >= 0.6 is 0 Å². The molecule has 2 N–H and O–H groups in total. The van der Waals surface area contributed by atoms with Crippen LogP contribution in [0.15, 0.2) is 77.5 Å². The maximum atomic E-state index is 12.7. The van der Waals surface area contributed by atoms with Gasteiger partial charge in [-0.3, -0.25) is 0 Å². The van der Waals surface area contributed by atoms with E-state index in [1.807, 2.05) is 30.5 Å². The van der Waals surface area contributed by atoms with Gasteiger partial charge in [-0.25, -0.2) is 4.79 Å². The van der Waals surface area contributed by atoms with Gasteiger partial charge in [-0.05, 0) is 55.5 Å². The van der Waals surface area contributed by atoms with Gasteiger partial charge in [0.25, 0.3) is 0 Å². The second-order valence-electron chi connectivity index (χ2n) is 7.86. The molecule has 0 bridgehead atoms. The van der Waals surface area contributed by atoms with Crippen molar-refractivity contribution in [3.8, 4) is 6.07 Å². The second kappa shape index (κ2) is 8.64. The molecule has 0 aliphatic carbocycles. The van der Waals surface area contributed by atoms with E-state index in [0.717, 1.165) is 23.0 Å². The smallest absolute Gasteiger partial charge is 0.338 e. The predicted octanol–water partition coefficient (Wildman–Crippen LogP) is 4.64. The van der Waals surface area contributed by atoms with E-state index < -0.39 is 11.9 Å². The van der Waals surface area contributed by atoms with Crippen molar-refractivity contribution < 1.29 is 14.3 Å². The number of nitrogens with zero attached hydrogens (tertiary/aromatic N) is 2. The molecule has 6 nitrogen and oxygen atoms in total. The molecule has 2 heterocycles. The molecule has 0 saturated heterocycles. The average molecular weight is 428 g/mol. The summed E-state index contributed by atoms with van der Waals surface area (Å²) >= 11 is 0. The number of hydrogen-bond acceptors (Lipinski definition) is 5. The third kappa shape index (κ3) is 3.85. The lowest BCUT2D eigenvalue weighted by molar-refractivity contribution is -0.139. The molecule has 6 heteroatoms. The van der Waals surface area contributed by atoms with E-state index in [9.17, 15) is 10.1 Å². The molecule has 0 spiro atoms. The Kier molecular flexibility index (Phi) is 5.74. The summed E-state index contributed by atoms with van der Waals surface area (Å²) in [5.74, 6) is -0.785. The largest absolute Gasteiger partial charge is 0.463 e. The number of ether oxygens (including phenoxy) is 2. The van der Waals surface area contributed by atoms with E-state index in [1.165, 1.54) is 11.1 Å². The van der Waals surface area contributed by atoms with E-state index >= 15 is 0 Å². The number of esters is 1. The first-order chi connectivity index (χ1) is 15.4. The highest BCUT2D eigenvalue weighted by Crippen LogP contribution is 2.40. The molecule has 1 aliphatic heterocycles. The first-order valence-corrected chi connectivity index (χ1v) is 10.5. The van der Waals surface area contributed by atoms with Crippen LogP contribution in [0.2, 0.25) is 0 Å². The van der Waals surface area contributed by atoms with Gasteiger partial charge in [-0.2, -0.15) is 5.26 Å². The lowest BCUT2D eigenvalue weighted by atomic mass is 9.83. The fraction of sp³-hybridized carbons (Fsp3) is 0.231. The summed E-state index contributed by atoms with van der Waals surface area (Å²) in [6.45, 7) is 6.46. The Morgan fingerprint density at radius 3 is 2.62 bits per heavy atom. The highest BCUT2D eigenvalue weighted by Gasteiger charge is 2.36. The van der Waals surface area contributed by atoms with Gasteiger partial charge >= 0.3 is 5.97 Å². The SMILES string of the molecule is CCOC(=O)C1=C(C)OC(N)=C(C#N)C1c1ccc2c(ccn2Cc2ccc(C)cc2)c1. The molecule has 1 unspecified atom stereocenters.